The molecule has 2 amide bonds. The summed E-state index contributed by atoms with van der Waals surface area (Å²) in [6, 6.07) is 0.539. The Kier molecular flexibility index (Phi) is 3.95. The van der Waals surface area contributed by atoms with Crippen molar-refractivity contribution in [1.82, 2.24) is 15.2 Å². The van der Waals surface area contributed by atoms with Crippen molar-refractivity contribution >= 4 is 22.5 Å². The van der Waals surface area contributed by atoms with Crippen LogP contribution in [0.3, 0.4) is 0 Å². The van der Waals surface area contributed by atoms with Crippen LogP contribution in [0, 0.1) is 0 Å². The first-order valence-electron chi connectivity index (χ1n) is 6.61. The van der Waals surface area contributed by atoms with Gasteiger partial charge in [-0.2, -0.15) is 0 Å². The number of nitrogens with one attached hydrogen (secondary N) is 2. The third kappa shape index (κ3) is 3.65. The molecule has 1 saturated heterocycles. The number of aromatic nitrogens is 1. The van der Waals surface area contributed by atoms with Crippen LogP contribution in [0.25, 0.3) is 0 Å². The Morgan fingerprint density at radius 3 is 3.21 bits per heavy atom. The molecule has 104 valence electrons. The maximum absolute atomic E-state index is 11.7. The summed E-state index contributed by atoms with van der Waals surface area (Å²) in [6.07, 6.45) is 4.38. The molecule has 1 aliphatic heterocycles. The largest absolute Gasteiger partial charge is 0.374 e. The van der Waals surface area contributed by atoms with E-state index in [-0.39, 0.29) is 12.1 Å². The Labute approximate surface area is 116 Å². The SMILES string of the molecule is O=C(NC[C@@H]1CN(C2CC2)CCO1)Nc1nccs1. The molecule has 1 saturated carbocycles. The molecule has 0 bridgehead atoms. The van der Waals surface area contributed by atoms with E-state index >= 15 is 0 Å². The predicted molar refractivity (Wildman–Crippen MR) is 73.5 cm³/mol. The van der Waals surface area contributed by atoms with E-state index in [2.05, 4.69) is 20.5 Å². The maximum atomic E-state index is 11.7. The van der Waals surface area contributed by atoms with E-state index in [4.69, 9.17) is 4.74 Å². The molecule has 1 aliphatic carbocycles. The monoisotopic (exact) mass is 282 g/mol. The second-order valence-corrected chi connectivity index (χ2v) is 5.79. The van der Waals surface area contributed by atoms with Gasteiger partial charge in [-0.1, -0.05) is 0 Å². The third-order valence-corrected chi connectivity index (χ3v) is 4.07. The van der Waals surface area contributed by atoms with Gasteiger partial charge in [-0.3, -0.25) is 10.2 Å². The zero-order valence-electron chi connectivity index (χ0n) is 10.7. The second kappa shape index (κ2) is 5.85. The van der Waals surface area contributed by atoms with Crippen molar-refractivity contribution < 1.29 is 9.53 Å². The highest BCUT2D eigenvalue weighted by Crippen LogP contribution is 2.28. The average Bonchev–Trinajstić information content (AvgIpc) is 3.16. The molecule has 7 heteroatoms. The molecule has 1 atom stereocenters. The topological polar surface area (TPSA) is 66.5 Å². The highest BCUT2D eigenvalue weighted by Gasteiger charge is 2.32. The van der Waals surface area contributed by atoms with Crippen LogP contribution < -0.4 is 10.6 Å². The number of morpholine rings is 1. The molecular formula is C12H18N4O2S. The van der Waals surface area contributed by atoms with Gasteiger partial charge in [0.05, 0.1) is 12.7 Å². The first kappa shape index (κ1) is 12.8. The molecule has 2 aliphatic rings. The zero-order valence-corrected chi connectivity index (χ0v) is 11.5. The standard InChI is InChI=1S/C12H18N4O2S/c17-11(15-12-13-3-6-19-12)14-7-10-8-16(4-5-18-10)9-1-2-9/h3,6,9-10H,1-2,4-5,7-8H2,(H2,13,14,15,17)/t10-/m1/s1. The lowest BCUT2D eigenvalue weighted by Crippen LogP contribution is -2.48. The van der Waals surface area contributed by atoms with Crippen LogP contribution >= 0.6 is 11.3 Å². The molecule has 2 N–H and O–H groups in total. The minimum atomic E-state index is -0.220. The van der Waals surface area contributed by atoms with Crippen LogP contribution in [-0.2, 0) is 4.74 Å². The van der Waals surface area contributed by atoms with Crippen molar-refractivity contribution in [2.24, 2.45) is 0 Å². The van der Waals surface area contributed by atoms with Gasteiger partial charge in [-0.05, 0) is 12.8 Å². The van der Waals surface area contributed by atoms with Gasteiger partial charge in [0.15, 0.2) is 5.13 Å². The number of nitrogens with zero attached hydrogens (tertiary/aromatic N) is 2. The van der Waals surface area contributed by atoms with Crippen LogP contribution in [0.4, 0.5) is 9.93 Å². The van der Waals surface area contributed by atoms with Gasteiger partial charge < -0.3 is 10.1 Å². The number of ether oxygens (including phenoxy) is 1. The summed E-state index contributed by atoms with van der Waals surface area (Å²) in [5.41, 5.74) is 0. The molecule has 2 fully saturated rings. The summed E-state index contributed by atoms with van der Waals surface area (Å²) in [7, 11) is 0. The Morgan fingerprint density at radius 1 is 1.58 bits per heavy atom. The summed E-state index contributed by atoms with van der Waals surface area (Å²) in [6.45, 7) is 3.24. The van der Waals surface area contributed by atoms with E-state index < -0.39 is 0 Å². The third-order valence-electron chi connectivity index (χ3n) is 3.38. The molecular weight excluding hydrogens is 264 g/mol. The van der Waals surface area contributed by atoms with Crippen molar-refractivity contribution in [3.8, 4) is 0 Å². The molecule has 0 radical (unpaired) electrons. The molecule has 6 nitrogen and oxygen atoms in total. The number of carbonyl (C=O) groups excluding carboxylic acids is 1. The van der Waals surface area contributed by atoms with Crippen molar-refractivity contribution in [1.29, 1.82) is 0 Å². The first-order valence-corrected chi connectivity index (χ1v) is 7.49. The van der Waals surface area contributed by atoms with Crippen LogP contribution in [0.5, 0.6) is 0 Å². The van der Waals surface area contributed by atoms with E-state index in [1.807, 2.05) is 5.38 Å². The number of hydrogen-bond acceptors (Lipinski definition) is 5. The molecule has 1 aromatic rings. The predicted octanol–water partition coefficient (Wildman–Crippen LogP) is 1.13. The van der Waals surface area contributed by atoms with Gasteiger partial charge in [0, 0.05) is 37.3 Å². The highest BCUT2D eigenvalue weighted by molar-refractivity contribution is 7.13. The van der Waals surface area contributed by atoms with E-state index in [1.165, 1.54) is 24.2 Å². The van der Waals surface area contributed by atoms with Crippen molar-refractivity contribution in [3.63, 3.8) is 0 Å². The Balaban J connectivity index is 1.40. The Bertz CT molecular complexity index is 421. The summed E-state index contributed by atoms with van der Waals surface area (Å²) in [5, 5.41) is 7.97. The lowest BCUT2D eigenvalue weighted by atomic mass is 10.2. The number of anilines is 1. The summed E-state index contributed by atoms with van der Waals surface area (Å²) in [5.74, 6) is 0. The molecule has 2 heterocycles. The Morgan fingerprint density at radius 2 is 2.47 bits per heavy atom. The smallest absolute Gasteiger partial charge is 0.321 e. The normalized spacial score (nSPS) is 24.1. The minimum absolute atomic E-state index is 0.0939. The summed E-state index contributed by atoms with van der Waals surface area (Å²) >= 11 is 1.40. The number of hydrogen-bond donors (Lipinski definition) is 2. The lowest BCUT2D eigenvalue weighted by Gasteiger charge is -2.33. The van der Waals surface area contributed by atoms with Crippen LogP contribution in [0.2, 0.25) is 0 Å². The summed E-state index contributed by atoms with van der Waals surface area (Å²) in [4.78, 5) is 18.1. The maximum Gasteiger partial charge on any atom is 0.321 e. The summed E-state index contributed by atoms with van der Waals surface area (Å²) < 4.78 is 5.67. The molecule has 3 rings (SSSR count). The quantitative estimate of drug-likeness (QED) is 0.869. The van der Waals surface area contributed by atoms with Gasteiger partial charge in [0.1, 0.15) is 0 Å². The van der Waals surface area contributed by atoms with Gasteiger partial charge in [-0.15, -0.1) is 11.3 Å². The van der Waals surface area contributed by atoms with Crippen LogP contribution in [0.1, 0.15) is 12.8 Å². The van der Waals surface area contributed by atoms with Crippen molar-refractivity contribution in [2.75, 3.05) is 31.6 Å². The first-order chi connectivity index (χ1) is 9.31. The van der Waals surface area contributed by atoms with Gasteiger partial charge >= 0.3 is 6.03 Å². The van der Waals surface area contributed by atoms with Crippen LogP contribution in [-0.4, -0.2) is 54.3 Å². The molecule has 0 aromatic carbocycles. The molecule has 1 aromatic heterocycles. The number of carbonyl (C=O) groups is 1. The zero-order chi connectivity index (χ0) is 13.1. The fraction of sp³-hybridized carbons (Fsp3) is 0.667. The Hall–Kier alpha value is -1.18. The number of rotatable bonds is 4. The van der Waals surface area contributed by atoms with Gasteiger partial charge in [-0.25, -0.2) is 9.78 Å². The van der Waals surface area contributed by atoms with Gasteiger partial charge in [0.25, 0.3) is 0 Å². The second-order valence-electron chi connectivity index (χ2n) is 4.89. The lowest BCUT2D eigenvalue weighted by molar-refractivity contribution is -0.0286. The van der Waals surface area contributed by atoms with E-state index in [1.54, 1.807) is 6.20 Å². The van der Waals surface area contributed by atoms with Crippen LogP contribution in [0.15, 0.2) is 11.6 Å². The number of urea groups is 1. The molecule has 19 heavy (non-hydrogen) atoms. The fourth-order valence-electron chi connectivity index (χ4n) is 2.27. The van der Waals surface area contributed by atoms with Gasteiger partial charge in [0.2, 0.25) is 0 Å². The highest BCUT2D eigenvalue weighted by atomic mass is 32.1. The number of amides is 2. The molecule has 0 unspecified atom stereocenters. The van der Waals surface area contributed by atoms with Crippen molar-refractivity contribution in [2.45, 2.75) is 25.0 Å². The average molecular weight is 282 g/mol. The molecule has 0 spiro atoms. The van der Waals surface area contributed by atoms with Crippen molar-refractivity contribution in [3.05, 3.63) is 11.6 Å². The number of thiazole rings is 1. The van der Waals surface area contributed by atoms with E-state index in [9.17, 15) is 4.79 Å². The van der Waals surface area contributed by atoms with E-state index in [0.29, 0.717) is 11.7 Å². The fourth-order valence-corrected chi connectivity index (χ4v) is 2.79. The minimum Gasteiger partial charge on any atom is -0.374 e. The van der Waals surface area contributed by atoms with E-state index in [0.717, 1.165) is 25.7 Å².